The first-order valence-electron chi connectivity index (χ1n) is 12.0. The van der Waals surface area contributed by atoms with Crippen molar-refractivity contribution in [2.45, 2.75) is 64.0 Å². The van der Waals surface area contributed by atoms with Gasteiger partial charge in [0.25, 0.3) is 5.91 Å². The summed E-state index contributed by atoms with van der Waals surface area (Å²) < 4.78 is 0. The topological polar surface area (TPSA) is 64.7 Å². The molecule has 2 spiro atoms. The molecule has 5 aliphatic carbocycles. The first-order chi connectivity index (χ1) is 15.3. The van der Waals surface area contributed by atoms with Gasteiger partial charge in [-0.25, -0.2) is 10.0 Å². The number of nitrogens with zero attached hydrogens (tertiary/aromatic N) is 2. The van der Waals surface area contributed by atoms with E-state index in [1.54, 1.807) is 5.01 Å². The lowest BCUT2D eigenvalue weighted by molar-refractivity contribution is -0.121. The van der Waals surface area contributed by atoms with E-state index in [2.05, 4.69) is 10.6 Å². The van der Waals surface area contributed by atoms with Gasteiger partial charge in [0.2, 0.25) is 5.91 Å². The minimum Gasteiger partial charge on any atom is -0.349 e. The van der Waals surface area contributed by atoms with Gasteiger partial charge in [0.1, 0.15) is 6.04 Å². The SMILES string of the molecule is C[C@@H]1[C@H](NC(=S)NC(=O)C[C@H]2CC3C[C@@]45CC2C[C@@]4(C3)C5)C(=O)N(c2ccccc2)N1C. The maximum Gasteiger partial charge on any atom is 0.265 e. The van der Waals surface area contributed by atoms with Gasteiger partial charge < -0.3 is 10.6 Å². The Balaban J connectivity index is 1.06. The number of amides is 2. The van der Waals surface area contributed by atoms with Gasteiger partial charge >= 0.3 is 0 Å². The lowest BCUT2D eigenvalue weighted by atomic mass is 9.84. The summed E-state index contributed by atoms with van der Waals surface area (Å²) >= 11 is 5.45. The van der Waals surface area contributed by atoms with Gasteiger partial charge in [0.05, 0.1) is 11.7 Å². The summed E-state index contributed by atoms with van der Waals surface area (Å²) in [6.45, 7) is 1.99. The number of rotatable bonds is 4. The second-order valence-electron chi connectivity index (χ2n) is 11.2. The number of anilines is 1. The van der Waals surface area contributed by atoms with E-state index >= 15 is 0 Å². The third-order valence-electron chi connectivity index (χ3n) is 9.49. The van der Waals surface area contributed by atoms with Crippen LogP contribution in [0.15, 0.2) is 30.3 Å². The van der Waals surface area contributed by atoms with Gasteiger partial charge in [-0.15, -0.1) is 0 Å². The highest BCUT2D eigenvalue weighted by atomic mass is 32.1. The zero-order chi connectivity index (χ0) is 22.3. The maximum absolute atomic E-state index is 13.1. The Kier molecular flexibility index (Phi) is 4.51. The highest BCUT2D eigenvalue weighted by Gasteiger charge is 2.77. The number of hydrazine groups is 1. The number of likely N-dealkylation sites (N-methyl/N-ethyl adjacent to an activating group) is 1. The van der Waals surface area contributed by atoms with Crippen LogP contribution in [-0.4, -0.2) is 41.1 Å². The van der Waals surface area contributed by atoms with Crippen LogP contribution in [0.5, 0.6) is 0 Å². The highest BCUT2D eigenvalue weighted by molar-refractivity contribution is 7.80. The van der Waals surface area contributed by atoms with E-state index in [1.807, 2.05) is 49.3 Å². The van der Waals surface area contributed by atoms with Crippen LogP contribution >= 0.6 is 12.2 Å². The van der Waals surface area contributed by atoms with Gasteiger partial charge in [-0.3, -0.25) is 9.59 Å². The van der Waals surface area contributed by atoms with Crippen molar-refractivity contribution in [3.63, 3.8) is 0 Å². The molecule has 2 N–H and O–H groups in total. The molecule has 5 atom stereocenters. The van der Waals surface area contributed by atoms with Crippen LogP contribution in [0.25, 0.3) is 0 Å². The van der Waals surface area contributed by atoms with Crippen LogP contribution in [-0.2, 0) is 9.59 Å². The summed E-state index contributed by atoms with van der Waals surface area (Å²) in [5.74, 6) is 1.95. The van der Waals surface area contributed by atoms with Gasteiger partial charge in [-0.05, 0) is 98.4 Å². The Bertz CT molecular complexity index is 965. The molecule has 7 heteroatoms. The van der Waals surface area contributed by atoms with E-state index in [0.29, 0.717) is 29.1 Å². The van der Waals surface area contributed by atoms with Crippen molar-refractivity contribution in [1.29, 1.82) is 0 Å². The minimum atomic E-state index is -0.501. The molecule has 1 aromatic carbocycles. The zero-order valence-corrected chi connectivity index (χ0v) is 19.7. The van der Waals surface area contributed by atoms with Crippen molar-refractivity contribution in [2.75, 3.05) is 12.1 Å². The predicted molar refractivity (Wildman–Crippen MR) is 126 cm³/mol. The Hall–Kier alpha value is -1.99. The summed E-state index contributed by atoms with van der Waals surface area (Å²) in [6, 6.07) is 9.00. The van der Waals surface area contributed by atoms with E-state index in [0.717, 1.165) is 11.6 Å². The quantitative estimate of drug-likeness (QED) is 0.687. The molecule has 0 radical (unpaired) electrons. The minimum absolute atomic E-state index is 0.00917. The number of benzene rings is 1. The van der Waals surface area contributed by atoms with Gasteiger partial charge in [-0.1, -0.05) is 18.2 Å². The fourth-order valence-electron chi connectivity index (χ4n) is 8.09. The summed E-state index contributed by atoms with van der Waals surface area (Å²) in [7, 11) is 1.90. The zero-order valence-electron chi connectivity index (χ0n) is 18.8. The average Bonchev–Trinajstić information content (AvgIpc) is 3.07. The van der Waals surface area contributed by atoms with Crippen LogP contribution in [0.3, 0.4) is 0 Å². The number of carbonyl (C=O) groups excluding carboxylic acids is 2. The molecule has 5 saturated carbocycles. The third kappa shape index (κ3) is 2.97. The van der Waals surface area contributed by atoms with E-state index in [9.17, 15) is 9.59 Å². The molecule has 7 rings (SSSR count). The van der Waals surface area contributed by atoms with Crippen LogP contribution in [0.1, 0.15) is 51.9 Å². The maximum atomic E-state index is 13.1. The standard InChI is InChI=1S/C25H32N4O2S/c1-15-21(22(31)29(28(15)2)19-6-4-3-5-7-19)27-23(32)26-20(30)9-17-8-16-10-24-12-18(17)13-25(24,11-16)14-24/h3-7,15-18,21H,8-14H2,1-2H3,(H2,26,27,30,32)/t15-,16?,17-,18?,21+,24+,25+/m1/s1. The van der Waals surface area contributed by atoms with Crippen molar-refractivity contribution in [3.05, 3.63) is 30.3 Å². The Morgan fingerprint density at radius 1 is 1.16 bits per heavy atom. The number of carbonyl (C=O) groups is 2. The molecule has 0 unspecified atom stereocenters. The lowest BCUT2D eigenvalue weighted by Crippen LogP contribution is -2.50. The highest BCUT2D eigenvalue weighted by Crippen LogP contribution is 2.86. The van der Waals surface area contributed by atoms with Crippen molar-refractivity contribution >= 4 is 34.8 Å². The second-order valence-corrected chi connectivity index (χ2v) is 11.6. The Morgan fingerprint density at radius 3 is 2.53 bits per heavy atom. The molecule has 1 aliphatic heterocycles. The van der Waals surface area contributed by atoms with Crippen molar-refractivity contribution < 1.29 is 9.59 Å². The molecule has 1 saturated heterocycles. The largest absolute Gasteiger partial charge is 0.349 e. The van der Waals surface area contributed by atoms with E-state index < -0.39 is 6.04 Å². The summed E-state index contributed by atoms with van der Waals surface area (Å²) in [5, 5.41) is 9.84. The number of hydrogen-bond acceptors (Lipinski definition) is 4. The molecule has 4 bridgehead atoms. The molecule has 2 amide bonds. The fraction of sp³-hybridized carbons (Fsp3) is 0.640. The number of fused-ring (bicyclic) bond motifs is 1. The van der Waals surface area contributed by atoms with Crippen LogP contribution < -0.4 is 15.6 Å². The van der Waals surface area contributed by atoms with Crippen LogP contribution in [0.4, 0.5) is 5.69 Å². The molecule has 1 heterocycles. The normalized spacial score (nSPS) is 41.5. The van der Waals surface area contributed by atoms with E-state index in [1.165, 1.54) is 38.5 Å². The smallest absolute Gasteiger partial charge is 0.265 e. The first kappa shape index (κ1) is 20.6. The fourth-order valence-corrected chi connectivity index (χ4v) is 8.34. The Labute approximate surface area is 195 Å². The van der Waals surface area contributed by atoms with Gasteiger partial charge in [0.15, 0.2) is 5.11 Å². The summed E-state index contributed by atoms with van der Waals surface area (Å²) in [6.07, 6.45) is 8.74. The van der Waals surface area contributed by atoms with Crippen LogP contribution in [0, 0.1) is 28.6 Å². The summed E-state index contributed by atoms with van der Waals surface area (Å²) in [4.78, 5) is 26.0. The number of thiocarbonyl (C=S) groups is 1. The molecule has 32 heavy (non-hydrogen) atoms. The van der Waals surface area contributed by atoms with Crippen molar-refractivity contribution in [1.82, 2.24) is 15.6 Å². The average molecular weight is 453 g/mol. The summed E-state index contributed by atoms with van der Waals surface area (Å²) in [5.41, 5.74) is 2.16. The van der Waals surface area contributed by atoms with E-state index in [4.69, 9.17) is 12.2 Å². The van der Waals surface area contributed by atoms with Crippen molar-refractivity contribution in [2.24, 2.45) is 28.6 Å². The molecule has 6 fully saturated rings. The monoisotopic (exact) mass is 452 g/mol. The van der Waals surface area contributed by atoms with Gasteiger partial charge in [0, 0.05) is 13.5 Å². The third-order valence-corrected chi connectivity index (χ3v) is 9.71. The lowest BCUT2D eigenvalue weighted by Gasteiger charge is -2.26. The first-order valence-corrected chi connectivity index (χ1v) is 12.4. The molecule has 6 aliphatic rings. The second kappa shape index (κ2) is 7.00. The molecule has 1 aromatic rings. The molecule has 0 aromatic heterocycles. The Morgan fingerprint density at radius 2 is 1.84 bits per heavy atom. The molecular weight excluding hydrogens is 420 g/mol. The number of nitrogens with one attached hydrogen (secondary N) is 2. The van der Waals surface area contributed by atoms with Crippen LogP contribution in [0.2, 0.25) is 0 Å². The van der Waals surface area contributed by atoms with Gasteiger partial charge in [-0.2, -0.15) is 0 Å². The molecule has 6 nitrogen and oxygen atoms in total. The van der Waals surface area contributed by atoms with E-state index in [-0.39, 0.29) is 23.0 Å². The number of para-hydroxylation sites is 1. The van der Waals surface area contributed by atoms with Crippen molar-refractivity contribution in [3.8, 4) is 0 Å². The molecular formula is C25H32N4O2S. The molecule has 170 valence electrons. The number of hydrogen-bond donors (Lipinski definition) is 2. The predicted octanol–water partition coefficient (Wildman–Crippen LogP) is 3.23.